The van der Waals surface area contributed by atoms with E-state index < -0.39 is 0 Å². The molecule has 0 unspecified atom stereocenters. The Labute approximate surface area is 156 Å². The van der Waals surface area contributed by atoms with E-state index in [2.05, 4.69) is 35.9 Å². The summed E-state index contributed by atoms with van der Waals surface area (Å²) in [6, 6.07) is 16.3. The summed E-state index contributed by atoms with van der Waals surface area (Å²) in [6.45, 7) is 12.2. The van der Waals surface area contributed by atoms with Crippen LogP contribution in [-0.4, -0.2) is 11.9 Å². The zero-order valence-corrected chi connectivity index (χ0v) is 16.1. The van der Waals surface area contributed by atoms with Crippen molar-refractivity contribution in [3.63, 3.8) is 0 Å². The molecule has 2 aromatic rings. The fourth-order valence-corrected chi connectivity index (χ4v) is 2.69. The average molecular weight is 345 g/mol. The van der Waals surface area contributed by atoms with Gasteiger partial charge in [0.2, 0.25) is 0 Å². The average Bonchev–Trinajstić information content (AvgIpc) is 2.63. The molecule has 3 nitrogen and oxygen atoms in total. The molecule has 0 saturated carbocycles. The van der Waals surface area contributed by atoms with Crippen LogP contribution in [0.3, 0.4) is 0 Å². The molecule has 2 rings (SSSR count). The van der Waals surface area contributed by atoms with Crippen molar-refractivity contribution in [2.24, 2.45) is 9.98 Å². The highest BCUT2D eigenvalue weighted by Crippen LogP contribution is 2.21. The molecule has 0 aliphatic rings. The Morgan fingerprint density at radius 1 is 1.08 bits per heavy atom. The maximum Gasteiger partial charge on any atom is 0.0815 e. The van der Waals surface area contributed by atoms with Gasteiger partial charge >= 0.3 is 0 Å². The van der Waals surface area contributed by atoms with E-state index in [1.165, 1.54) is 11.1 Å². The van der Waals surface area contributed by atoms with Gasteiger partial charge < -0.3 is 5.32 Å². The number of benzene rings is 2. The Morgan fingerprint density at radius 2 is 1.77 bits per heavy atom. The third kappa shape index (κ3) is 5.28. The first-order chi connectivity index (χ1) is 12.5. The number of allylic oxidation sites excluding steroid dienone is 1. The molecule has 0 aromatic heterocycles. The second kappa shape index (κ2) is 9.52. The molecule has 0 heterocycles. The van der Waals surface area contributed by atoms with Gasteiger partial charge in [0.15, 0.2) is 0 Å². The number of aryl methyl sites for hydroxylation is 1. The van der Waals surface area contributed by atoms with E-state index in [0.717, 1.165) is 34.9 Å². The Kier molecular flexibility index (Phi) is 7.10. The molecule has 134 valence electrons. The van der Waals surface area contributed by atoms with Crippen LogP contribution >= 0.6 is 0 Å². The minimum Gasteiger partial charge on any atom is -0.354 e. The maximum atomic E-state index is 4.78. The normalized spacial score (nSPS) is 12.5. The van der Waals surface area contributed by atoms with Crippen LogP contribution in [0, 0.1) is 6.92 Å². The van der Waals surface area contributed by atoms with E-state index in [1.807, 2.05) is 69.5 Å². The molecule has 0 spiro atoms. The maximum absolute atomic E-state index is 4.78. The lowest BCUT2D eigenvalue weighted by Gasteiger charge is -2.13. The summed E-state index contributed by atoms with van der Waals surface area (Å²) in [5, 5.41) is 3.37. The summed E-state index contributed by atoms with van der Waals surface area (Å²) < 4.78 is 0. The number of aliphatic imine (C=N–C) groups is 2. The molecule has 0 radical (unpaired) electrons. The van der Waals surface area contributed by atoms with Gasteiger partial charge in [0.05, 0.1) is 17.1 Å². The lowest BCUT2D eigenvalue weighted by atomic mass is 10.1. The molecule has 0 aliphatic carbocycles. The zero-order valence-electron chi connectivity index (χ0n) is 16.1. The van der Waals surface area contributed by atoms with Crippen molar-refractivity contribution in [2.45, 2.75) is 34.1 Å². The van der Waals surface area contributed by atoms with Gasteiger partial charge in [-0.15, -0.1) is 0 Å². The third-order valence-corrected chi connectivity index (χ3v) is 4.03. The Balaban J connectivity index is 2.15. The second-order valence-electron chi connectivity index (χ2n) is 6.13. The van der Waals surface area contributed by atoms with E-state index in [0.29, 0.717) is 0 Å². The molecule has 0 fully saturated rings. The number of hydrogen-bond acceptors (Lipinski definition) is 3. The number of anilines is 1. The van der Waals surface area contributed by atoms with Gasteiger partial charge in [0, 0.05) is 24.0 Å². The van der Waals surface area contributed by atoms with Crippen LogP contribution in [0.2, 0.25) is 0 Å². The molecule has 0 atom stereocenters. The monoisotopic (exact) mass is 345 g/mol. The van der Waals surface area contributed by atoms with E-state index >= 15 is 0 Å². The lowest BCUT2D eigenvalue weighted by Crippen LogP contribution is -2.05. The van der Waals surface area contributed by atoms with Gasteiger partial charge in [-0.1, -0.05) is 49.1 Å². The van der Waals surface area contributed by atoms with Crippen molar-refractivity contribution < 1.29 is 0 Å². The second-order valence-corrected chi connectivity index (χ2v) is 6.13. The van der Waals surface area contributed by atoms with Crippen LogP contribution in [0.15, 0.2) is 82.6 Å². The summed E-state index contributed by atoms with van der Waals surface area (Å²) >= 11 is 0. The van der Waals surface area contributed by atoms with Crippen LogP contribution in [0.25, 0.3) is 0 Å². The van der Waals surface area contributed by atoms with Gasteiger partial charge in [0.1, 0.15) is 0 Å². The summed E-state index contributed by atoms with van der Waals surface area (Å²) in [4.78, 5) is 9.22. The fraction of sp³-hybridized carbons (Fsp3) is 0.217. The topological polar surface area (TPSA) is 36.8 Å². The molecule has 0 saturated heterocycles. The highest BCUT2D eigenvalue weighted by Gasteiger charge is 2.06. The zero-order chi connectivity index (χ0) is 18.9. The van der Waals surface area contributed by atoms with Crippen LogP contribution in [-0.2, 0) is 6.42 Å². The Bertz CT molecular complexity index is 857. The first kappa shape index (κ1) is 19.4. The number of nitrogens with zero attached hydrogens (tertiary/aromatic N) is 2. The quantitative estimate of drug-likeness (QED) is 0.467. The molecule has 26 heavy (non-hydrogen) atoms. The van der Waals surface area contributed by atoms with Crippen molar-refractivity contribution >= 4 is 23.3 Å². The van der Waals surface area contributed by atoms with Crippen molar-refractivity contribution in [1.29, 1.82) is 0 Å². The summed E-state index contributed by atoms with van der Waals surface area (Å²) in [7, 11) is 0. The van der Waals surface area contributed by atoms with Gasteiger partial charge in [-0.2, -0.15) is 0 Å². The molecule has 0 bridgehead atoms. The summed E-state index contributed by atoms with van der Waals surface area (Å²) in [5.74, 6) is 0. The van der Waals surface area contributed by atoms with Crippen molar-refractivity contribution in [3.05, 3.63) is 83.7 Å². The largest absolute Gasteiger partial charge is 0.354 e. The van der Waals surface area contributed by atoms with E-state index in [4.69, 9.17) is 4.99 Å². The van der Waals surface area contributed by atoms with Gasteiger partial charge in [-0.05, 0) is 51.0 Å². The Hall–Kier alpha value is -2.94. The molecule has 3 heteroatoms. The van der Waals surface area contributed by atoms with E-state index in [9.17, 15) is 0 Å². The van der Waals surface area contributed by atoms with Crippen molar-refractivity contribution in [2.75, 3.05) is 5.32 Å². The van der Waals surface area contributed by atoms with Crippen LogP contribution in [0.5, 0.6) is 0 Å². The van der Waals surface area contributed by atoms with Crippen LogP contribution in [0.4, 0.5) is 11.4 Å². The molecule has 0 amide bonds. The lowest BCUT2D eigenvalue weighted by molar-refractivity contribution is 1.21. The summed E-state index contributed by atoms with van der Waals surface area (Å²) in [6.07, 6.45) is 4.55. The van der Waals surface area contributed by atoms with Gasteiger partial charge in [-0.25, -0.2) is 0 Å². The minimum atomic E-state index is 0.752. The van der Waals surface area contributed by atoms with Crippen molar-refractivity contribution in [1.82, 2.24) is 0 Å². The number of rotatable bonds is 7. The van der Waals surface area contributed by atoms with Crippen molar-refractivity contribution in [3.8, 4) is 0 Å². The molecule has 1 N–H and O–H groups in total. The van der Waals surface area contributed by atoms with Crippen LogP contribution < -0.4 is 5.32 Å². The Morgan fingerprint density at radius 3 is 2.46 bits per heavy atom. The summed E-state index contributed by atoms with van der Waals surface area (Å²) in [5.41, 5.74) is 7.04. The highest BCUT2D eigenvalue weighted by atomic mass is 14.9. The smallest absolute Gasteiger partial charge is 0.0815 e. The third-order valence-electron chi connectivity index (χ3n) is 4.03. The molecular formula is C23H27N3. The molecule has 2 aromatic carbocycles. The SMILES string of the molecule is C=C(Nc1ccccc1C)/C(=C/C)N=C(C)Cc1ccccc1N=CC. The number of hydrogen-bond donors (Lipinski definition) is 1. The molecule has 0 aliphatic heterocycles. The predicted molar refractivity (Wildman–Crippen MR) is 115 cm³/mol. The molecular weight excluding hydrogens is 318 g/mol. The minimum absolute atomic E-state index is 0.752. The van der Waals surface area contributed by atoms with Gasteiger partial charge in [0.25, 0.3) is 0 Å². The number of para-hydroxylation sites is 2. The highest BCUT2D eigenvalue weighted by molar-refractivity contribution is 5.87. The standard InChI is InChI=1S/C23H27N3/c1-6-21(19(5)26-22-14-10-8-12-17(22)3)25-18(4)16-20-13-9-11-15-23(20)24-7-2/h6-15,26H,5,16H2,1-4H3/b21-6-,24-7?,25-18?. The first-order valence-corrected chi connectivity index (χ1v) is 8.84. The van der Waals surface area contributed by atoms with E-state index in [1.54, 1.807) is 0 Å². The predicted octanol–water partition coefficient (Wildman–Crippen LogP) is 6.25. The number of nitrogens with one attached hydrogen (secondary N) is 1. The van der Waals surface area contributed by atoms with E-state index in [-0.39, 0.29) is 0 Å². The fourth-order valence-electron chi connectivity index (χ4n) is 2.69. The van der Waals surface area contributed by atoms with Crippen LogP contribution in [0.1, 0.15) is 31.9 Å². The first-order valence-electron chi connectivity index (χ1n) is 8.84. The van der Waals surface area contributed by atoms with Gasteiger partial charge in [-0.3, -0.25) is 9.98 Å².